The van der Waals surface area contributed by atoms with Crippen molar-refractivity contribution in [1.82, 2.24) is 0 Å². The SMILES string of the molecule is C1#CCSCCOCCSCC#C1. The van der Waals surface area contributed by atoms with Gasteiger partial charge in [0.15, 0.2) is 0 Å². The molecule has 0 atom stereocenters. The standard InChI is InChI=1S/C10H12OS2/c1-2-4-8-13-10-6-11-5-9-12-7-3-1/h5-10H2. The first-order chi connectivity index (χ1) is 6.50. The van der Waals surface area contributed by atoms with Gasteiger partial charge in [-0.2, -0.15) is 0 Å². The quantitative estimate of drug-likeness (QED) is 0.563. The van der Waals surface area contributed by atoms with Crippen LogP contribution in [0.15, 0.2) is 0 Å². The summed E-state index contributed by atoms with van der Waals surface area (Å²) in [5.41, 5.74) is 0. The molecule has 3 heteroatoms. The molecule has 0 aromatic heterocycles. The van der Waals surface area contributed by atoms with E-state index in [4.69, 9.17) is 4.74 Å². The largest absolute Gasteiger partial charge is 0.380 e. The lowest BCUT2D eigenvalue weighted by atomic mass is 10.6. The highest BCUT2D eigenvalue weighted by Crippen LogP contribution is 2.00. The van der Waals surface area contributed by atoms with Gasteiger partial charge in [-0.25, -0.2) is 0 Å². The molecule has 0 N–H and O–H groups in total. The summed E-state index contributed by atoms with van der Waals surface area (Å²) in [6, 6.07) is 0. The maximum atomic E-state index is 5.41. The minimum atomic E-state index is 0.841. The molecule has 1 aliphatic heterocycles. The van der Waals surface area contributed by atoms with Crippen molar-refractivity contribution in [2.45, 2.75) is 0 Å². The summed E-state index contributed by atoms with van der Waals surface area (Å²) in [5, 5.41) is 0. The van der Waals surface area contributed by atoms with Gasteiger partial charge in [0.25, 0.3) is 0 Å². The first-order valence-corrected chi connectivity index (χ1v) is 6.50. The summed E-state index contributed by atoms with van der Waals surface area (Å²) in [5.74, 6) is 15.5. The average Bonchev–Trinajstić information content (AvgIpc) is 2.18. The van der Waals surface area contributed by atoms with Gasteiger partial charge in [-0.3, -0.25) is 0 Å². The zero-order valence-corrected chi connectivity index (χ0v) is 9.10. The van der Waals surface area contributed by atoms with Crippen LogP contribution in [0, 0.1) is 23.7 Å². The highest BCUT2D eigenvalue weighted by atomic mass is 32.2. The second kappa shape index (κ2) is 8.38. The van der Waals surface area contributed by atoms with Gasteiger partial charge in [-0.1, -0.05) is 11.8 Å². The molecule has 0 unspecified atom stereocenters. The van der Waals surface area contributed by atoms with Crippen LogP contribution in [0.5, 0.6) is 0 Å². The highest BCUT2D eigenvalue weighted by molar-refractivity contribution is 7.99. The van der Waals surface area contributed by atoms with Crippen molar-refractivity contribution in [3.05, 3.63) is 0 Å². The van der Waals surface area contributed by atoms with E-state index < -0.39 is 0 Å². The molecule has 0 aromatic carbocycles. The molecule has 0 amide bonds. The number of ether oxygens (including phenoxy) is 1. The molecule has 0 bridgehead atoms. The van der Waals surface area contributed by atoms with Crippen LogP contribution in [0.3, 0.4) is 0 Å². The molecule has 0 spiro atoms. The highest BCUT2D eigenvalue weighted by Gasteiger charge is 1.90. The van der Waals surface area contributed by atoms with Crippen LogP contribution in [0.1, 0.15) is 0 Å². The summed E-state index contributed by atoms with van der Waals surface area (Å²) >= 11 is 3.60. The molecule has 1 heterocycles. The minimum Gasteiger partial charge on any atom is -0.380 e. The van der Waals surface area contributed by atoms with E-state index in [0.29, 0.717) is 0 Å². The lowest BCUT2D eigenvalue weighted by Crippen LogP contribution is -2.01. The number of rotatable bonds is 0. The molecule has 0 radical (unpaired) electrons. The first-order valence-electron chi connectivity index (χ1n) is 4.19. The minimum absolute atomic E-state index is 0.841. The lowest BCUT2D eigenvalue weighted by Gasteiger charge is -2.01. The molecule has 0 aromatic rings. The number of hydrogen-bond donors (Lipinski definition) is 0. The van der Waals surface area contributed by atoms with Crippen molar-refractivity contribution in [2.24, 2.45) is 0 Å². The summed E-state index contributed by atoms with van der Waals surface area (Å²) in [6.45, 7) is 1.68. The molecule has 0 saturated carbocycles. The van der Waals surface area contributed by atoms with Crippen molar-refractivity contribution in [1.29, 1.82) is 0 Å². The third-order valence-corrected chi connectivity index (χ3v) is 2.94. The van der Waals surface area contributed by atoms with Gasteiger partial charge in [0.2, 0.25) is 0 Å². The van der Waals surface area contributed by atoms with E-state index in [1.54, 1.807) is 23.5 Å². The molecule has 0 saturated heterocycles. The first kappa shape index (κ1) is 10.9. The number of hydrogen-bond acceptors (Lipinski definition) is 3. The average molecular weight is 212 g/mol. The summed E-state index contributed by atoms with van der Waals surface area (Å²) in [6.07, 6.45) is 0. The summed E-state index contributed by atoms with van der Waals surface area (Å²) in [4.78, 5) is 0. The summed E-state index contributed by atoms with van der Waals surface area (Å²) in [7, 11) is 0. The van der Waals surface area contributed by atoms with E-state index in [9.17, 15) is 0 Å². The molecular weight excluding hydrogens is 200 g/mol. The van der Waals surface area contributed by atoms with Crippen molar-refractivity contribution in [3.63, 3.8) is 0 Å². The van der Waals surface area contributed by atoms with Gasteiger partial charge < -0.3 is 4.74 Å². The van der Waals surface area contributed by atoms with E-state index in [1.807, 2.05) is 0 Å². The van der Waals surface area contributed by atoms with E-state index in [0.717, 1.165) is 36.2 Å². The van der Waals surface area contributed by atoms with Gasteiger partial charge in [-0.05, 0) is 11.8 Å². The van der Waals surface area contributed by atoms with E-state index >= 15 is 0 Å². The Morgan fingerprint density at radius 1 is 0.846 bits per heavy atom. The molecule has 0 fully saturated rings. The van der Waals surface area contributed by atoms with Gasteiger partial charge in [0, 0.05) is 11.5 Å². The molecular formula is C10H12OS2. The van der Waals surface area contributed by atoms with Crippen LogP contribution in [0.2, 0.25) is 0 Å². The zero-order chi connectivity index (χ0) is 9.19. The van der Waals surface area contributed by atoms with E-state index in [2.05, 4.69) is 23.7 Å². The second-order valence-electron chi connectivity index (χ2n) is 2.32. The van der Waals surface area contributed by atoms with Crippen LogP contribution in [-0.4, -0.2) is 36.2 Å². The zero-order valence-electron chi connectivity index (χ0n) is 7.47. The Bertz CT molecular complexity index is 215. The van der Waals surface area contributed by atoms with Crippen molar-refractivity contribution < 1.29 is 4.74 Å². The second-order valence-corrected chi connectivity index (χ2v) is 4.53. The van der Waals surface area contributed by atoms with Crippen molar-refractivity contribution >= 4 is 23.5 Å². The maximum Gasteiger partial charge on any atom is 0.0558 e. The fraction of sp³-hybridized carbons (Fsp3) is 0.600. The van der Waals surface area contributed by atoms with Gasteiger partial charge in [-0.15, -0.1) is 23.5 Å². The van der Waals surface area contributed by atoms with Crippen LogP contribution in [0.4, 0.5) is 0 Å². The Kier molecular flexibility index (Phi) is 7.00. The lowest BCUT2D eigenvalue weighted by molar-refractivity contribution is 0.167. The van der Waals surface area contributed by atoms with Gasteiger partial charge in [0.05, 0.1) is 24.7 Å². The molecule has 70 valence electrons. The van der Waals surface area contributed by atoms with Gasteiger partial charge >= 0.3 is 0 Å². The Balaban J connectivity index is 2.26. The normalized spacial score (nSPS) is 19.1. The number of thioether (sulfide) groups is 2. The molecule has 1 nitrogen and oxygen atoms in total. The Morgan fingerprint density at radius 2 is 1.38 bits per heavy atom. The Labute approximate surface area is 88.4 Å². The molecule has 1 aliphatic rings. The summed E-state index contributed by atoms with van der Waals surface area (Å²) < 4.78 is 5.41. The molecule has 13 heavy (non-hydrogen) atoms. The predicted octanol–water partition coefficient (Wildman–Crippen LogP) is 1.49. The maximum absolute atomic E-state index is 5.41. The van der Waals surface area contributed by atoms with E-state index in [1.165, 1.54) is 0 Å². The fourth-order valence-electron chi connectivity index (χ4n) is 0.745. The topological polar surface area (TPSA) is 9.23 Å². The third-order valence-electron chi connectivity index (χ3n) is 1.33. The Hall–Kier alpha value is -0.220. The smallest absolute Gasteiger partial charge is 0.0558 e. The predicted molar refractivity (Wildman–Crippen MR) is 61.0 cm³/mol. The van der Waals surface area contributed by atoms with Crippen LogP contribution in [-0.2, 0) is 4.74 Å². The third kappa shape index (κ3) is 6.90. The van der Waals surface area contributed by atoms with E-state index in [-0.39, 0.29) is 0 Å². The van der Waals surface area contributed by atoms with Gasteiger partial charge in [0.1, 0.15) is 0 Å². The van der Waals surface area contributed by atoms with Crippen molar-refractivity contribution in [3.8, 4) is 23.7 Å². The molecule has 0 aliphatic carbocycles. The van der Waals surface area contributed by atoms with Crippen LogP contribution in [0.25, 0.3) is 0 Å². The van der Waals surface area contributed by atoms with Crippen LogP contribution < -0.4 is 0 Å². The molecule has 1 rings (SSSR count). The van der Waals surface area contributed by atoms with Crippen LogP contribution >= 0.6 is 23.5 Å². The monoisotopic (exact) mass is 212 g/mol. The van der Waals surface area contributed by atoms with Crippen molar-refractivity contribution in [2.75, 3.05) is 36.2 Å². The fourth-order valence-corrected chi connectivity index (χ4v) is 1.85. The Morgan fingerprint density at radius 3 is 1.92 bits per heavy atom.